The Morgan fingerprint density at radius 2 is 1.81 bits per heavy atom. The summed E-state index contributed by atoms with van der Waals surface area (Å²) >= 11 is 1.45. The van der Waals surface area contributed by atoms with Crippen molar-refractivity contribution >= 4 is 23.5 Å². The summed E-state index contributed by atoms with van der Waals surface area (Å²) in [6.07, 6.45) is 10.3. The van der Waals surface area contributed by atoms with Crippen LogP contribution >= 0.6 is 11.8 Å². The predicted molar refractivity (Wildman–Crippen MR) is 125 cm³/mol. The van der Waals surface area contributed by atoms with Crippen LogP contribution in [0.5, 0.6) is 0 Å². The van der Waals surface area contributed by atoms with Gasteiger partial charge in [0.1, 0.15) is 10.5 Å². The Morgan fingerprint density at radius 3 is 2.45 bits per heavy atom. The Bertz CT molecular complexity index is 739. The first-order chi connectivity index (χ1) is 14.5. The van der Waals surface area contributed by atoms with Crippen LogP contribution in [0.1, 0.15) is 85.5 Å². The molecule has 0 aromatic rings. The van der Waals surface area contributed by atoms with Gasteiger partial charge in [0.05, 0.1) is 6.10 Å². The van der Waals surface area contributed by atoms with E-state index in [0.29, 0.717) is 48.2 Å². The topological polar surface area (TPSA) is 74.6 Å². The molecular weight excluding hydrogens is 408 g/mol. The number of hydrogen-bond acceptors (Lipinski definition) is 4. The molecule has 31 heavy (non-hydrogen) atoms. The van der Waals surface area contributed by atoms with Crippen molar-refractivity contribution in [2.75, 3.05) is 6.26 Å². The maximum atomic E-state index is 13.5. The monoisotopic (exact) mass is 450 g/mol. The van der Waals surface area contributed by atoms with Gasteiger partial charge in [0, 0.05) is 12.3 Å². The van der Waals surface area contributed by atoms with Gasteiger partial charge in [-0.05, 0) is 105 Å². The Kier molecular flexibility index (Phi) is 6.12. The van der Waals surface area contributed by atoms with Crippen molar-refractivity contribution in [3.05, 3.63) is 0 Å². The van der Waals surface area contributed by atoms with E-state index >= 15 is 0 Å². The molecule has 4 fully saturated rings. The van der Waals surface area contributed by atoms with Gasteiger partial charge in [-0.1, -0.05) is 20.8 Å². The van der Waals surface area contributed by atoms with E-state index in [-0.39, 0.29) is 22.9 Å². The summed E-state index contributed by atoms with van der Waals surface area (Å²) in [4.78, 5) is 25.4. The molecule has 2 N–H and O–H groups in total. The number of aliphatic hydroxyl groups excluding tert-OH is 1. The average Bonchev–Trinajstić information content (AvgIpc) is 3.06. The number of Topliss-reactive ketones (excluding diaryl/α,β-unsaturated/α-hetero) is 1. The first-order valence-corrected chi connectivity index (χ1v) is 13.7. The number of ketones is 1. The highest BCUT2D eigenvalue weighted by Crippen LogP contribution is 2.67. The molecule has 0 spiro atoms. The van der Waals surface area contributed by atoms with Crippen molar-refractivity contribution in [2.45, 2.75) is 96.3 Å². The van der Waals surface area contributed by atoms with Crippen LogP contribution in [0.15, 0.2) is 0 Å². The molecule has 176 valence electrons. The zero-order valence-corrected chi connectivity index (χ0v) is 20.8. The molecule has 0 amide bonds. The van der Waals surface area contributed by atoms with E-state index in [4.69, 9.17) is 0 Å². The molecule has 4 aliphatic rings. The van der Waals surface area contributed by atoms with Crippen molar-refractivity contribution < 1.29 is 19.8 Å². The van der Waals surface area contributed by atoms with E-state index in [9.17, 15) is 19.8 Å². The third-order valence-corrected chi connectivity index (χ3v) is 12.1. The molecule has 5 heteroatoms. The molecular formula is C26H42O4S. The standard InChI is InChI=1S/C26H42O4S/c1-15(14-26(4,31-5)23(29)30)18-6-7-19-22-20(9-11-25(18,19)3)24(2)10-8-17(27)12-16(24)13-21(22)28/h15-20,22,27H,6-14H2,1-5H3,(H,29,30). The summed E-state index contributed by atoms with van der Waals surface area (Å²) in [6, 6.07) is 0. The minimum absolute atomic E-state index is 0.144. The van der Waals surface area contributed by atoms with Gasteiger partial charge in [-0.2, -0.15) is 0 Å². The molecule has 0 aromatic heterocycles. The minimum atomic E-state index is -0.741. The van der Waals surface area contributed by atoms with Crippen molar-refractivity contribution in [1.29, 1.82) is 0 Å². The number of carboxylic acid groups (broad SMARTS) is 1. The third kappa shape index (κ3) is 3.61. The van der Waals surface area contributed by atoms with Crippen molar-refractivity contribution in [2.24, 2.45) is 46.3 Å². The Hall–Kier alpha value is -0.550. The number of carbonyl (C=O) groups is 2. The summed E-state index contributed by atoms with van der Waals surface area (Å²) in [5.74, 6) is 2.03. The summed E-state index contributed by atoms with van der Waals surface area (Å²) in [5, 5.41) is 20.0. The summed E-state index contributed by atoms with van der Waals surface area (Å²) in [6.45, 7) is 8.96. The number of carbonyl (C=O) groups excluding carboxylic acids is 1. The van der Waals surface area contributed by atoms with Crippen LogP contribution in [-0.4, -0.2) is 39.1 Å². The van der Waals surface area contributed by atoms with E-state index in [1.807, 2.05) is 13.2 Å². The number of rotatable bonds is 5. The average molecular weight is 451 g/mol. The first-order valence-electron chi connectivity index (χ1n) is 12.5. The molecule has 0 saturated heterocycles. The third-order valence-electron chi connectivity index (χ3n) is 10.8. The van der Waals surface area contributed by atoms with E-state index < -0.39 is 10.7 Å². The van der Waals surface area contributed by atoms with Gasteiger partial charge in [0.15, 0.2) is 0 Å². The summed E-state index contributed by atoms with van der Waals surface area (Å²) < 4.78 is -0.741. The molecule has 0 aliphatic heterocycles. The van der Waals surface area contributed by atoms with Crippen LogP contribution in [0.3, 0.4) is 0 Å². The fourth-order valence-electron chi connectivity index (χ4n) is 8.90. The maximum Gasteiger partial charge on any atom is 0.319 e. The van der Waals surface area contributed by atoms with Crippen molar-refractivity contribution in [1.82, 2.24) is 0 Å². The van der Waals surface area contributed by atoms with E-state index in [1.54, 1.807) is 0 Å². The fraction of sp³-hybridized carbons (Fsp3) is 0.923. The molecule has 10 unspecified atom stereocenters. The van der Waals surface area contributed by atoms with Gasteiger partial charge < -0.3 is 10.2 Å². The lowest BCUT2D eigenvalue weighted by atomic mass is 9.44. The van der Waals surface area contributed by atoms with Crippen molar-refractivity contribution in [3.8, 4) is 0 Å². The molecule has 4 saturated carbocycles. The normalized spacial score (nSPS) is 47.6. The molecule has 4 aliphatic carbocycles. The highest BCUT2D eigenvalue weighted by atomic mass is 32.2. The van der Waals surface area contributed by atoms with Crippen molar-refractivity contribution in [3.63, 3.8) is 0 Å². The molecule has 4 rings (SSSR count). The van der Waals surface area contributed by atoms with Crippen LogP contribution in [-0.2, 0) is 9.59 Å². The second-order valence-electron chi connectivity index (χ2n) is 12.2. The Morgan fingerprint density at radius 1 is 1.16 bits per heavy atom. The lowest BCUT2D eigenvalue weighted by Crippen LogP contribution is -2.57. The molecule has 0 bridgehead atoms. The predicted octanol–water partition coefficient (Wildman–Crippen LogP) is 5.42. The SMILES string of the molecule is CSC(C)(CC(C)C1CCC2C3C(=O)CC4CC(O)CCC4(C)C3CCC12C)C(=O)O. The molecule has 4 nitrogen and oxygen atoms in total. The lowest BCUT2D eigenvalue weighted by molar-refractivity contribution is -0.160. The van der Waals surface area contributed by atoms with Gasteiger partial charge in [0.25, 0.3) is 0 Å². The second kappa shape index (κ2) is 8.04. The quantitative estimate of drug-likeness (QED) is 0.585. The Labute approximate surface area is 192 Å². The van der Waals surface area contributed by atoms with Gasteiger partial charge in [-0.25, -0.2) is 0 Å². The molecule has 0 heterocycles. The Balaban J connectivity index is 1.57. The summed E-state index contributed by atoms with van der Waals surface area (Å²) in [5.41, 5.74) is 0.342. The van der Waals surface area contributed by atoms with E-state index in [0.717, 1.165) is 44.9 Å². The number of hydrogen-bond donors (Lipinski definition) is 2. The molecule has 10 atom stereocenters. The minimum Gasteiger partial charge on any atom is -0.480 e. The van der Waals surface area contributed by atoms with Crippen LogP contribution in [0, 0.1) is 46.3 Å². The van der Waals surface area contributed by atoms with Crippen LogP contribution in [0.2, 0.25) is 0 Å². The summed E-state index contributed by atoms with van der Waals surface area (Å²) in [7, 11) is 0. The van der Waals surface area contributed by atoms with Crippen LogP contribution in [0.25, 0.3) is 0 Å². The van der Waals surface area contributed by atoms with E-state index in [1.165, 1.54) is 11.8 Å². The lowest BCUT2D eigenvalue weighted by Gasteiger charge is -2.60. The zero-order valence-electron chi connectivity index (χ0n) is 20.0. The second-order valence-corrected chi connectivity index (χ2v) is 13.5. The van der Waals surface area contributed by atoms with Gasteiger partial charge in [0.2, 0.25) is 0 Å². The largest absolute Gasteiger partial charge is 0.480 e. The number of thioether (sulfide) groups is 1. The van der Waals surface area contributed by atoms with Crippen LogP contribution < -0.4 is 0 Å². The molecule has 0 radical (unpaired) electrons. The number of fused-ring (bicyclic) bond motifs is 5. The highest BCUT2D eigenvalue weighted by molar-refractivity contribution is 8.00. The number of aliphatic carboxylic acids is 1. The zero-order chi connectivity index (χ0) is 22.8. The number of aliphatic hydroxyl groups is 1. The smallest absolute Gasteiger partial charge is 0.319 e. The van der Waals surface area contributed by atoms with Gasteiger partial charge >= 0.3 is 5.97 Å². The molecule has 0 aromatic carbocycles. The van der Waals surface area contributed by atoms with Crippen LogP contribution in [0.4, 0.5) is 0 Å². The fourth-order valence-corrected chi connectivity index (χ4v) is 9.50. The number of carboxylic acids is 1. The highest BCUT2D eigenvalue weighted by Gasteiger charge is 2.63. The maximum absolute atomic E-state index is 13.5. The van der Waals surface area contributed by atoms with Gasteiger partial charge in [-0.15, -0.1) is 11.8 Å². The van der Waals surface area contributed by atoms with E-state index in [2.05, 4.69) is 20.8 Å². The van der Waals surface area contributed by atoms with Gasteiger partial charge in [-0.3, -0.25) is 9.59 Å². The first kappa shape index (κ1) is 23.6.